The van der Waals surface area contributed by atoms with E-state index < -0.39 is 5.97 Å². The predicted octanol–water partition coefficient (Wildman–Crippen LogP) is 3.22. The van der Waals surface area contributed by atoms with E-state index in [4.69, 9.17) is 16.9 Å². The van der Waals surface area contributed by atoms with E-state index in [0.717, 1.165) is 30.5 Å². The lowest BCUT2D eigenvalue weighted by molar-refractivity contribution is -0.138. The van der Waals surface area contributed by atoms with Crippen LogP contribution >= 0.6 is 11.8 Å². The largest absolute Gasteiger partial charge is 0.481 e. The molecule has 0 saturated carbocycles. The van der Waals surface area contributed by atoms with Crippen molar-refractivity contribution in [3.63, 3.8) is 0 Å². The Morgan fingerprint density at radius 2 is 2.22 bits per heavy atom. The first-order chi connectivity index (χ1) is 8.66. The van der Waals surface area contributed by atoms with E-state index in [1.165, 1.54) is 10.9 Å². The number of carboxylic acids is 1. The molecule has 0 spiro atoms. The van der Waals surface area contributed by atoms with Crippen molar-refractivity contribution >= 4 is 28.6 Å². The summed E-state index contributed by atoms with van der Waals surface area (Å²) in [6, 6.07) is 8.08. The molecule has 0 radical (unpaired) electrons. The number of para-hydroxylation sites is 1. The number of hydrogen-bond acceptors (Lipinski definition) is 1. The maximum Gasteiger partial charge on any atom is 0.303 e. The zero-order valence-corrected chi connectivity index (χ0v) is 10.7. The molecule has 1 aromatic carbocycles. The van der Waals surface area contributed by atoms with E-state index in [-0.39, 0.29) is 12.3 Å². The number of nitrogens with zero attached hydrogens (tertiary/aromatic N) is 1. The molecule has 3 rings (SSSR count). The lowest BCUT2D eigenvalue weighted by atomic mass is 9.85. The van der Waals surface area contributed by atoms with Crippen molar-refractivity contribution in [1.82, 2.24) is 4.09 Å². The van der Waals surface area contributed by atoms with Crippen LogP contribution in [-0.4, -0.2) is 15.2 Å². The topological polar surface area (TPSA) is 42.2 Å². The molecule has 0 aliphatic heterocycles. The molecule has 1 aliphatic rings. The second kappa shape index (κ2) is 4.32. The molecule has 2 aromatic rings. The van der Waals surface area contributed by atoms with Crippen molar-refractivity contribution in [2.24, 2.45) is 5.92 Å². The molecule has 1 aromatic heterocycles. The monoisotopic (exact) mass is 263 g/mol. The summed E-state index contributed by atoms with van der Waals surface area (Å²) >= 11 is 6.35. The number of aryl methyl sites for hydroxylation is 1. The summed E-state index contributed by atoms with van der Waals surface area (Å²) in [5.41, 5.74) is 3.41. The van der Waals surface area contributed by atoms with Gasteiger partial charge in [0.05, 0.1) is 5.52 Å². The summed E-state index contributed by atoms with van der Waals surface area (Å²) in [5.74, 6) is -0.516. The minimum absolute atomic E-state index is 0.205. The Morgan fingerprint density at radius 3 is 3.00 bits per heavy atom. The van der Waals surface area contributed by atoms with E-state index in [9.17, 15) is 4.79 Å². The van der Waals surface area contributed by atoms with Crippen molar-refractivity contribution in [3.05, 3.63) is 35.5 Å². The lowest BCUT2D eigenvalue weighted by Gasteiger charge is -2.21. The number of benzene rings is 1. The number of carboxylic acid groups (broad SMARTS) is 1. The van der Waals surface area contributed by atoms with Crippen LogP contribution in [0, 0.1) is 5.92 Å². The SMILES string of the molecule is O=C(O)CC1CCc2c(n(Cl)c3ccccc23)C1. The molecule has 1 aliphatic carbocycles. The van der Waals surface area contributed by atoms with Crippen molar-refractivity contribution < 1.29 is 9.90 Å². The fraction of sp³-hybridized carbons (Fsp3) is 0.357. The summed E-state index contributed by atoms with van der Waals surface area (Å²) in [6.45, 7) is 0. The maximum atomic E-state index is 10.8. The van der Waals surface area contributed by atoms with E-state index in [1.807, 2.05) is 18.2 Å². The minimum atomic E-state index is -0.722. The fourth-order valence-corrected chi connectivity index (χ4v) is 3.27. The van der Waals surface area contributed by atoms with Crippen molar-refractivity contribution in [2.45, 2.75) is 25.7 Å². The van der Waals surface area contributed by atoms with Crippen LogP contribution in [0.25, 0.3) is 10.9 Å². The first-order valence-electron chi connectivity index (χ1n) is 6.16. The molecular formula is C14H14ClNO2. The van der Waals surface area contributed by atoms with E-state index in [1.54, 1.807) is 4.09 Å². The van der Waals surface area contributed by atoms with Gasteiger partial charge in [0, 0.05) is 29.3 Å². The zero-order valence-electron chi connectivity index (χ0n) is 9.90. The Morgan fingerprint density at radius 1 is 1.44 bits per heavy atom. The zero-order chi connectivity index (χ0) is 12.7. The van der Waals surface area contributed by atoms with Gasteiger partial charge in [0.2, 0.25) is 0 Å². The van der Waals surface area contributed by atoms with Gasteiger partial charge in [0.25, 0.3) is 0 Å². The van der Waals surface area contributed by atoms with E-state index >= 15 is 0 Å². The number of carbonyl (C=O) groups is 1. The van der Waals surface area contributed by atoms with Crippen LogP contribution in [0.1, 0.15) is 24.1 Å². The highest BCUT2D eigenvalue weighted by atomic mass is 35.5. The molecular weight excluding hydrogens is 250 g/mol. The number of aromatic nitrogens is 1. The van der Waals surface area contributed by atoms with Crippen LogP contribution < -0.4 is 0 Å². The third kappa shape index (κ3) is 1.79. The van der Waals surface area contributed by atoms with Crippen molar-refractivity contribution in [1.29, 1.82) is 0 Å². The third-order valence-corrected chi connectivity index (χ3v) is 4.16. The Labute approximate surface area is 110 Å². The standard InChI is InChI=1S/C14H14ClNO2/c15-16-12-4-2-1-3-10(12)11-6-5-9(7-13(11)16)8-14(17)18/h1-4,9H,5-8H2,(H,17,18). The van der Waals surface area contributed by atoms with Gasteiger partial charge in [-0.1, -0.05) is 18.2 Å². The van der Waals surface area contributed by atoms with Crippen LogP contribution in [0.4, 0.5) is 0 Å². The van der Waals surface area contributed by atoms with Gasteiger partial charge in [-0.25, -0.2) is 0 Å². The number of aliphatic carboxylic acids is 1. The first-order valence-corrected chi connectivity index (χ1v) is 6.49. The molecule has 1 unspecified atom stereocenters. The molecule has 1 N–H and O–H groups in total. The minimum Gasteiger partial charge on any atom is -0.481 e. The number of fused-ring (bicyclic) bond motifs is 3. The molecule has 0 fully saturated rings. The summed E-state index contributed by atoms with van der Waals surface area (Å²) in [6.07, 6.45) is 2.86. The molecule has 1 heterocycles. The third-order valence-electron chi connectivity index (χ3n) is 3.77. The van der Waals surface area contributed by atoms with Gasteiger partial charge in [-0.3, -0.25) is 8.88 Å². The Bertz CT molecular complexity index is 618. The Kier molecular flexibility index (Phi) is 2.78. The molecule has 94 valence electrons. The second-order valence-electron chi connectivity index (χ2n) is 4.93. The van der Waals surface area contributed by atoms with Gasteiger partial charge in [-0.15, -0.1) is 0 Å². The van der Waals surface area contributed by atoms with Gasteiger partial charge in [-0.2, -0.15) is 0 Å². The van der Waals surface area contributed by atoms with Crippen LogP contribution in [0.15, 0.2) is 24.3 Å². The summed E-state index contributed by atoms with van der Waals surface area (Å²) < 4.78 is 1.71. The first kappa shape index (κ1) is 11.6. The fourth-order valence-electron chi connectivity index (χ4n) is 2.95. The average Bonchev–Trinajstić information content (AvgIpc) is 2.63. The number of rotatable bonds is 2. The van der Waals surface area contributed by atoms with Crippen molar-refractivity contribution in [2.75, 3.05) is 0 Å². The molecule has 1 atom stereocenters. The lowest BCUT2D eigenvalue weighted by Crippen LogP contribution is -2.18. The van der Waals surface area contributed by atoms with Crippen LogP contribution in [0.2, 0.25) is 0 Å². The summed E-state index contributed by atoms with van der Waals surface area (Å²) in [7, 11) is 0. The number of hydrogen-bond donors (Lipinski definition) is 1. The normalized spacial score (nSPS) is 18.8. The van der Waals surface area contributed by atoms with Gasteiger partial charge in [-0.05, 0) is 36.8 Å². The van der Waals surface area contributed by atoms with Crippen LogP contribution in [0.3, 0.4) is 0 Å². The summed E-state index contributed by atoms with van der Waals surface area (Å²) in [4.78, 5) is 10.8. The number of halogens is 1. The van der Waals surface area contributed by atoms with Gasteiger partial charge >= 0.3 is 5.97 Å². The molecule has 0 bridgehead atoms. The Hall–Kier alpha value is -1.48. The van der Waals surface area contributed by atoms with Gasteiger partial charge in [0.15, 0.2) is 0 Å². The van der Waals surface area contributed by atoms with Crippen molar-refractivity contribution in [3.8, 4) is 0 Å². The predicted molar refractivity (Wildman–Crippen MR) is 71.0 cm³/mol. The molecule has 0 saturated heterocycles. The van der Waals surface area contributed by atoms with Gasteiger partial charge in [0.1, 0.15) is 0 Å². The highest BCUT2D eigenvalue weighted by molar-refractivity contribution is 6.20. The van der Waals surface area contributed by atoms with E-state index in [2.05, 4.69) is 6.07 Å². The second-order valence-corrected chi connectivity index (χ2v) is 5.27. The molecule has 0 amide bonds. The smallest absolute Gasteiger partial charge is 0.303 e. The highest BCUT2D eigenvalue weighted by Gasteiger charge is 2.26. The Balaban J connectivity index is 2.03. The van der Waals surface area contributed by atoms with Crippen LogP contribution in [-0.2, 0) is 17.6 Å². The summed E-state index contributed by atoms with van der Waals surface area (Å²) in [5, 5.41) is 10.1. The van der Waals surface area contributed by atoms with Gasteiger partial charge < -0.3 is 5.11 Å². The van der Waals surface area contributed by atoms with E-state index in [0.29, 0.717) is 0 Å². The highest BCUT2D eigenvalue weighted by Crippen LogP contribution is 2.35. The molecule has 3 nitrogen and oxygen atoms in total. The maximum absolute atomic E-state index is 10.8. The quantitative estimate of drug-likeness (QED) is 0.904. The van der Waals surface area contributed by atoms with Crippen LogP contribution in [0.5, 0.6) is 0 Å². The molecule has 18 heavy (non-hydrogen) atoms. The average molecular weight is 264 g/mol. The molecule has 4 heteroatoms.